The van der Waals surface area contributed by atoms with Gasteiger partial charge >= 0.3 is 0 Å². The van der Waals surface area contributed by atoms with Crippen LogP contribution in [0.3, 0.4) is 0 Å². The lowest BCUT2D eigenvalue weighted by atomic mass is 9.87. The quantitative estimate of drug-likeness (QED) is 0.311. The molecule has 0 saturated carbocycles. The van der Waals surface area contributed by atoms with E-state index >= 15 is 0 Å². The van der Waals surface area contributed by atoms with Gasteiger partial charge in [0.05, 0.1) is 0 Å². The fourth-order valence-corrected chi connectivity index (χ4v) is 2.94. The predicted octanol–water partition coefficient (Wildman–Crippen LogP) is 6.98. The first kappa shape index (κ1) is 18.0. The molecule has 0 rings (SSSR count). The molecule has 0 aromatic heterocycles. The van der Waals surface area contributed by atoms with Crippen LogP contribution in [0.2, 0.25) is 0 Å². The summed E-state index contributed by atoms with van der Waals surface area (Å²) in [6, 6.07) is 0. The molecule has 18 heavy (non-hydrogen) atoms. The van der Waals surface area contributed by atoms with Crippen molar-refractivity contribution in [1.82, 2.24) is 0 Å². The van der Waals surface area contributed by atoms with Gasteiger partial charge in [-0.05, 0) is 18.3 Å². The van der Waals surface area contributed by atoms with Crippen LogP contribution in [0, 0.1) is 11.8 Å². The van der Waals surface area contributed by atoms with Crippen LogP contribution in [-0.4, -0.2) is 0 Å². The van der Waals surface area contributed by atoms with E-state index < -0.39 is 0 Å². The van der Waals surface area contributed by atoms with Gasteiger partial charge in [-0.15, -0.1) is 0 Å². The second kappa shape index (κ2) is 13.4. The summed E-state index contributed by atoms with van der Waals surface area (Å²) in [6.45, 7) is 9.45. The fraction of sp³-hybridized carbons (Fsp3) is 1.00. The summed E-state index contributed by atoms with van der Waals surface area (Å²) in [7, 11) is 0. The van der Waals surface area contributed by atoms with Crippen LogP contribution in [0.25, 0.3) is 0 Å². The molecule has 0 radical (unpaired) electrons. The average molecular weight is 255 g/mol. The first-order valence-corrected chi connectivity index (χ1v) is 8.74. The molecule has 0 saturated heterocycles. The van der Waals surface area contributed by atoms with Gasteiger partial charge in [0.25, 0.3) is 0 Å². The van der Waals surface area contributed by atoms with Gasteiger partial charge < -0.3 is 0 Å². The molecule has 0 fully saturated rings. The number of hydrogen-bond acceptors (Lipinski definition) is 0. The largest absolute Gasteiger partial charge is 0.0654 e. The van der Waals surface area contributed by atoms with Crippen molar-refractivity contribution in [2.75, 3.05) is 0 Å². The highest BCUT2D eigenvalue weighted by Crippen LogP contribution is 2.24. The van der Waals surface area contributed by atoms with Crippen LogP contribution in [0.4, 0.5) is 0 Å². The molecule has 0 spiro atoms. The van der Waals surface area contributed by atoms with Gasteiger partial charge in [-0.25, -0.2) is 0 Å². The number of rotatable bonds is 13. The van der Waals surface area contributed by atoms with Crippen molar-refractivity contribution in [1.29, 1.82) is 0 Å². The molecule has 0 nitrogen and oxygen atoms in total. The molecule has 0 aromatic carbocycles. The minimum Gasteiger partial charge on any atom is -0.0654 e. The summed E-state index contributed by atoms with van der Waals surface area (Å²) in [4.78, 5) is 0. The molecular weight excluding hydrogens is 216 g/mol. The van der Waals surface area contributed by atoms with Gasteiger partial charge in [-0.2, -0.15) is 0 Å². The minimum absolute atomic E-state index is 0.956. The molecule has 0 aromatic rings. The Morgan fingerprint density at radius 3 is 1.89 bits per heavy atom. The van der Waals surface area contributed by atoms with Gasteiger partial charge in [0.15, 0.2) is 0 Å². The topological polar surface area (TPSA) is 0 Å². The van der Waals surface area contributed by atoms with E-state index in [2.05, 4.69) is 27.7 Å². The summed E-state index contributed by atoms with van der Waals surface area (Å²) in [6.07, 6.45) is 17.3. The highest BCUT2D eigenvalue weighted by atomic mass is 14.2. The maximum absolute atomic E-state index is 2.47. The van der Waals surface area contributed by atoms with E-state index in [0.29, 0.717) is 0 Å². The molecule has 0 aliphatic carbocycles. The lowest BCUT2D eigenvalue weighted by molar-refractivity contribution is 0.332. The van der Waals surface area contributed by atoms with Gasteiger partial charge in [-0.3, -0.25) is 0 Å². The summed E-state index contributed by atoms with van der Waals surface area (Å²) in [5.41, 5.74) is 0. The first-order valence-electron chi connectivity index (χ1n) is 8.74. The van der Waals surface area contributed by atoms with Gasteiger partial charge in [0, 0.05) is 0 Å². The monoisotopic (exact) mass is 254 g/mol. The summed E-state index contributed by atoms with van der Waals surface area (Å²) in [5.74, 6) is 1.96. The Hall–Kier alpha value is 0. The fourth-order valence-electron chi connectivity index (χ4n) is 2.94. The maximum atomic E-state index is 2.47. The van der Waals surface area contributed by atoms with Crippen LogP contribution >= 0.6 is 0 Å². The molecule has 0 heterocycles. The van der Waals surface area contributed by atoms with Crippen LogP contribution < -0.4 is 0 Å². The van der Waals surface area contributed by atoms with E-state index in [1.165, 1.54) is 77.0 Å². The lowest BCUT2D eigenvalue weighted by Crippen LogP contribution is -2.06. The molecule has 2 unspecified atom stereocenters. The molecular formula is C18H38. The third-order valence-electron chi connectivity index (χ3n) is 4.33. The lowest BCUT2D eigenvalue weighted by Gasteiger charge is -2.19. The van der Waals surface area contributed by atoms with Crippen molar-refractivity contribution < 1.29 is 0 Å². The third-order valence-corrected chi connectivity index (χ3v) is 4.33. The number of hydrogen-bond donors (Lipinski definition) is 0. The Morgan fingerprint density at radius 2 is 1.28 bits per heavy atom. The molecule has 0 heteroatoms. The van der Waals surface area contributed by atoms with Crippen LogP contribution in [0.1, 0.15) is 105 Å². The molecule has 0 aliphatic rings. The second-order valence-corrected chi connectivity index (χ2v) is 6.31. The van der Waals surface area contributed by atoms with Crippen LogP contribution in [0.15, 0.2) is 0 Å². The minimum atomic E-state index is 0.956. The van der Waals surface area contributed by atoms with Gasteiger partial charge in [0.1, 0.15) is 0 Å². The highest BCUT2D eigenvalue weighted by Gasteiger charge is 2.10. The van der Waals surface area contributed by atoms with Crippen molar-refractivity contribution in [3.63, 3.8) is 0 Å². The zero-order chi connectivity index (χ0) is 13.6. The zero-order valence-electron chi connectivity index (χ0n) is 13.6. The predicted molar refractivity (Wildman–Crippen MR) is 85.1 cm³/mol. The Kier molecular flexibility index (Phi) is 13.4. The Bertz CT molecular complexity index is 150. The Morgan fingerprint density at radius 1 is 0.667 bits per heavy atom. The molecule has 0 bridgehead atoms. The highest BCUT2D eigenvalue weighted by molar-refractivity contribution is 4.63. The van der Waals surface area contributed by atoms with E-state index in [1.807, 2.05) is 0 Å². The van der Waals surface area contributed by atoms with E-state index in [-0.39, 0.29) is 0 Å². The molecule has 0 aliphatic heterocycles. The van der Waals surface area contributed by atoms with Crippen molar-refractivity contribution >= 4 is 0 Å². The average Bonchev–Trinajstić information content (AvgIpc) is 2.38. The summed E-state index contributed by atoms with van der Waals surface area (Å²) in [5, 5.41) is 0. The first-order chi connectivity index (χ1) is 8.74. The molecule has 110 valence electrons. The number of unbranched alkanes of at least 4 members (excludes halogenated alkanes) is 6. The van der Waals surface area contributed by atoms with E-state index in [9.17, 15) is 0 Å². The van der Waals surface area contributed by atoms with Crippen molar-refractivity contribution in [3.8, 4) is 0 Å². The molecule has 0 N–H and O–H groups in total. The maximum Gasteiger partial charge on any atom is -0.0414 e. The zero-order valence-corrected chi connectivity index (χ0v) is 13.6. The Labute approximate surface area is 117 Å². The Balaban J connectivity index is 3.46. The van der Waals surface area contributed by atoms with Crippen molar-refractivity contribution in [2.24, 2.45) is 11.8 Å². The third kappa shape index (κ3) is 11.1. The van der Waals surface area contributed by atoms with Crippen LogP contribution in [0.5, 0.6) is 0 Å². The van der Waals surface area contributed by atoms with Crippen LogP contribution in [-0.2, 0) is 0 Å². The van der Waals surface area contributed by atoms with E-state index in [1.54, 1.807) is 0 Å². The smallest absolute Gasteiger partial charge is 0.0414 e. The van der Waals surface area contributed by atoms with E-state index in [0.717, 1.165) is 11.8 Å². The van der Waals surface area contributed by atoms with Gasteiger partial charge in [-0.1, -0.05) is 98.3 Å². The summed E-state index contributed by atoms with van der Waals surface area (Å²) < 4.78 is 0. The van der Waals surface area contributed by atoms with Gasteiger partial charge in [0.2, 0.25) is 0 Å². The second-order valence-electron chi connectivity index (χ2n) is 6.31. The normalized spacial score (nSPS) is 14.7. The van der Waals surface area contributed by atoms with E-state index in [4.69, 9.17) is 0 Å². The standard InChI is InChI=1S/C18H38/c1-5-8-10-11-12-13-14-17(4)16-18(7-3)15-9-6-2/h17-18H,5-16H2,1-4H3. The molecule has 0 amide bonds. The SMILES string of the molecule is CCCCCCCCC(C)CC(CC)CCCC. The van der Waals surface area contributed by atoms with Crippen molar-refractivity contribution in [3.05, 3.63) is 0 Å². The summed E-state index contributed by atoms with van der Waals surface area (Å²) >= 11 is 0. The van der Waals surface area contributed by atoms with Crippen molar-refractivity contribution in [2.45, 2.75) is 105 Å². The molecule has 2 atom stereocenters.